The minimum atomic E-state index is -0.668. The van der Waals surface area contributed by atoms with Crippen molar-refractivity contribution in [3.8, 4) is 0 Å². The van der Waals surface area contributed by atoms with Crippen LogP contribution in [0.15, 0.2) is 0 Å². The van der Waals surface area contributed by atoms with Crippen LogP contribution in [-0.4, -0.2) is 23.7 Å². The molecule has 0 unspecified atom stereocenters. The van der Waals surface area contributed by atoms with E-state index in [4.69, 9.17) is 5.11 Å². The van der Waals surface area contributed by atoms with E-state index in [0.29, 0.717) is 0 Å². The molecule has 1 heterocycles. The molecule has 0 aromatic rings. The Labute approximate surface area is 65.8 Å². The van der Waals surface area contributed by atoms with E-state index >= 15 is 0 Å². The lowest BCUT2D eigenvalue weighted by molar-refractivity contribution is -0.147. The molecule has 2 rings (SSSR count). The molecule has 2 fully saturated rings. The van der Waals surface area contributed by atoms with Gasteiger partial charge in [-0.25, -0.2) is 0 Å². The zero-order valence-corrected chi connectivity index (χ0v) is 6.47. The third-order valence-electron chi connectivity index (χ3n) is 3.12. The second-order valence-electron chi connectivity index (χ2n) is 3.72. The highest BCUT2D eigenvalue weighted by Crippen LogP contribution is 2.45. The number of hydrogen-bond acceptors (Lipinski definition) is 2. The van der Waals surface area contributed by atoms with Gasteiger partial charge in [-0.05, 0) is 12.8 Å². The molecule has 1 saturated carbocycles. The Morgan fingerprint density at radius 1 is 1.45 bits per heavy atom. The average Bonchev–Trinajstić information content (AvgIpc) is 2.31. The molecular formula is C8H13NO2. The van der Waals surface area contributed by atoms with Crippen LogP contribution in [0, 0.1) is 5.41 Å². The zero-order valence-electron chi connectivity index (χ0n) is 6.47. The molecule has 3 heteroatoms. The second kappa shape index (κ2) is 2.21. The van der Waals surface area contributed by atoms with Gasteiger partial charge in [-0.15, -0.1) is 0 Å². The molecule has 0 aromatic heterocycles. The largest absolute Gasteiger partial charge is 0.480 e. The van der Waals surface area contributed by atoms with Gasteiger partial charge in [-0.2, -0.15) is 0 Å². The van der Waals surface area contributed by atoms with Crippen LogP contribution >= 0.6 is 0 Å². The molecule has 2 N–H and O–H groups in total. The Morgan fingerprint density at radius 3 is 2.45 bits per heavy atom. The fraction of sp³-hybridized carbons (Fsp3) is 0.875. The maximum absolute atomic E-state index is 10.7. The predicted octanol–water partition coefficient (Wildman–Crippen LogP) is 0.603. The van der Waals surface area contributed by atoms with Gasteiger partial charge < -0.3 is 10.4 Å². The first-order valence-corrected chi connectivity index (χ1v) is 4.21. The van der Waals surface area contributed by atoms with Crippen LogP contribution in [0.2, 0.25) is 0 Å². The van der Waals surface area contributed by atoms with Crippen molar-refractivity contribution in [2.24, 2.45) is 5.41 Å². The predicted molar refractivity (Wildman–Crippen MR) is 40.3 cm³/mol. The quantitative estimate of drug-likeness (QED) is 0.583. The zero-order chi connectivity index (χ0) is 7.90. The van der Waals surface area contributed by atoms with Gasteiger partial charge in [0.1, 0.15) is 6.04 Å². The highest BCUT2D eigenvalue weighted by molar-refractivity contribution is 5.76. The van der Waals surface area contributed by atoms with Crippen LogP contribution < -0.4 is 5.32 Å². The van der Waals surface area contributed by atoms with Gasteiger partial charge >= 0.3 is 5.97 Å². The Morgan fingerprint density at radius 2 is 2.09 bits per heavy atom. The number of nitrogens with one attached hydrogen (secondary N) is 1. The molecule has 62 valence electrons. The standard InChI is InChI=1S/C8H13NO2/c10-7(11)6-8(5-9-6)3-1-2-4-8/h6,9H,1-5H2,(H,10,11)/t6-/m0/s1. The molecule has 1 aliphatic heterocycles. The Balaban J connectivity index is 2.09. The van der Waals surface area contributed by atoms with Gasteiger partial charge in [0, 0.05) is 12.0 Å². The molecule has 1 saturated heterocycles. The van der Waals surface area contributed by atoms with Gasteiger partial charge in [0.15, 0.2) is 0 Å². The van der Waals surface area contributed by atoms with Gasteiger partial charge in [-0.3, -0.25) is 4.79 Å². The first-order valence-electron chi connectivity index (χ1n) is 4.21. The number of rotatable bonds is 1. The molecule has 0 amide bonds. The third-order valence-corrected chi connectivity index (χ3v) is 3.12. The monoisotopic (exact) mass is 155 g/mol. The summed E-state index contributed by atoms with van der Waals surface area (Å²) in [5.74, 6) is -0.668. The minimum absolute atomic E-state index is 0.145. The topological polar surface area (TPSA) is 49.3 Å². The smallest absolute Gasteiger partial charge is 0.321 e. The fourth-order valence-electron chi connectivity index (χ4n) is 2.39. The van der Waals surface area contributed by atoms with Crippen molar-refractivity contribution in [1.82, 2.24) is 5.32 Å². The molecule has 1 aliphatic carbocycles. The summed E-state index contributed by atoms with van der Waals surface area (Å²) in [6.45, 7) is 0.921. The number of carboxylic acid groups (broad SMARTS) is 1. The minimum Gasteiger partial charge on any atom is -0.480 e. The molecule has 0 radical (unpaired) electrons. The van der Waals surface area contributed by atoms with Crippen LogP contribution in [-0.2, 0) is 4.79 Å². The first-order chi connectivity index (χ1) is 5.25. The van der Waals surface area contributed by atoms with Crippen molar-refractivity contribution in [3.05, 3.63) is 0 Å². The third kappa shape index (κ3) is 0.872. The van der Waals surface area contributed by atoms with Crippen LogP contribution in [0.3, 0.4) is 0 Å². The number of carbonyl (C=O) groups is 1. The number of aliphatic carboxylic acids is 1. The van der Waals surface area contributed by atoms with Crippen molar-refractivity contribution in [2.45, 2.75) is 31.7 Å². The molecule has 0 bridgehead atoms. The van der Waals surface area contributed by atoms with Gasteiger partial charge in [0.25, 0.3) is 0 Å². The molecule has 11 heavy (non-hydrogen) atoms. The molecular weight excluding hydrogens is 142 g/mol. The van der Waals surface area contributed by atoms with E-state index in [1.165, 1.54) is 12.8 Å². The maximum Gasteiger partial charge on any atom is 0.321 e. The van der Waals surface area contributed by atoms with E-state index in [2.05, 4.69) is 5.32 Å². The summed E-state index contributed by atoms with van der Waals surface area (Å²) < 4.78 is 0. The van der Waals surface area contributed by atoms with E-state index in [0.717, 1.165) is 19.4 Å². The summed E-state index contributed by atoms with van der Waals surface area (Å²) in [5, 5.41) is 11.8. The highest BCUT2D eigenvalue weighted by atomic mass is 16.4. The second-order valence-corrected chi connectivity index (χ2v) is 3.72. The molecule has 0 aromatic carbocycles. The highest BCUT2D eigenvalue weighted by Gasteiger charge is 2.51. The van der Waals surface area contributed by atoms with Crippen molar-refractivity contribution < 1.29 is 9.90 Å². The SMILES string of the molecule is O=C(O)[C@@H]1NCC12CCCC2. The lowest BCUT2D eigenvalue weighted by Crippen LogP contribution is -2.64. The van der Waals surface area contributed by atoms with E-state index in [-0.39, 0.29) is 11.5 Å². The molecule has 1 atom stereocenters. The van der Waals surface area contributed by atoms with Crippen LogP contribution in [0.1, 0.15) is 25.7 Å². The summed E-state index contributed by atoms with van der Waals surface area (Å²) in [6.07, 6.45) is 4.64. The average molecular weight is 155 g/mol. The summed E-state index contributed by atoms with van der Waals surface area (Å²) in [7, 11) is 0. The van der Waals surface area contributed by atoms with Crippen molar-refractivity contribution in [3.63, 3.8) is 0 Å². The Hall–Kier alpha value is -0.570. The first kappa shape index (κ1) is 7.10. The van der Waals surface area contributed by atoms with Gasteiger partial charge in [-0.1, -0.05) is 12.8 Å². The van der Waals surface area contributed by atoms with Crippen LogP contribution in [0.5, 0.6) is 0 Å². The summed E-state index contributed by atoms with van der Waals surface area (Å²) >= 11 is 0. The van der Waals surface area contributed by atoms with Gasteiger partial charge in [0.05, 0.1) is 0 Å². The van der Waals surface area contributed by atoms with E-state index in [1.54, 1.807) is 0 Å². The van der Waals surface area contributed by atoms with Crippen molar-refractivity contribution in [1.29, 1.82) is 0 Å². The van der Waals surface area contributed by atoms with Crippen LogP contribution in [0.4, 0.5) is 0 Å². The lowest BCUT2D eigenvalue weighted by Gasteiger charge is -2.45. The van der Waals surface area contributed by atoms with Crippen molar-refractivity contribution >= 4 is 5.97 Å². The number of hydrogen-bond donors (Lipinski definition) is 2. The normalized spacial score (nSPS) is 33.6. The fourth-order valence-corrected chi connectivity index (χ4v) is 2.39. The summed E-state index contributed by atoms with van der Waals surface area (Å²) in [6, 6.07) is -0.245. The van der Waals surface area contributed by atoms with Crippen molar-refractivity contribution in [2.75, 3.05) is 6.54 Å². The summed E-state index contributed by atoms with van der Waals surface area (Å²) in [5.41, 5.74) is 0.145. The maximum atomic E-state index is 10.7. The Kier molecular flexibility index (Phi) is 1.42. The lowest BCUT2D eigenvalue weighted by atomic mass is 9.72. The Bertz CT molecular complexity index is 185. The molecule has 1 spiro atoms. The van der Waals surface area contributed by atoms with E-state index in [9.17, 15) is 4.79 Å². The van der Waals surface area contributed by atoms with E-state index in [1.807, 2.05) is 0 Å². The molecule has 3 nitrogen and oxygen atoms in total. The van der Waals surface area contributed by atoms with Crippen LogP contribution in [0.25, 0.3) is 0 Å². The molecule has 2 aliphatic rings. The van der Waals surface area contributed by atoms with E-state index < -0.39 is 5.97 Å². The summed E-state index contributed by atoms with van der Waals surface area (Å²) in [4.78, 5) is 10.7. The van der Waals surface area contributed by atoms with Gasteiger partial charge in [0.2, 0.25) is 0 Å². The number of carboxylic acids is 1.